The minimum Gasteiger partial charge on any atom is -0.462 e. The van der Waals surface area contributed by atoms with Crippen LogP contribution >= 0.6 is 0 Å². The lowest BCUT2D eigenvalue weighted by Crippen LogP contribution is -2.30. The van der Waals surface area contributed by atoms with Crippen LogP contribution in [0.5, 0.6) is 0 Å². The van der Waals surface area contributed by atoms with E-state index in [0.29, 0.717) is 17.9 Å². The van der Waals surface area contributed by atoms with Crippen molar-refractivity contribution in [2.24, 2.45) is 17.3 Å². The first kappa shape index (κ1) is 12.3. The van der Waals surface area contributed by atoms with Crippen molar-refractivity contribution in [2.75, 3.05) is 6.61 Å². The summed E-state index contributed by atoms with van der Waals surface area (Å²) in [5.74, 6) is 0.958. The van der Waals surface area contributed by atoms with Crippen LogP contribution in [0.15, 0.2) is 12.7 Å². The van der Waals surface area contributed by atoms with Gasteiger partial charge in [-0.05, 0) is 36.5 Å². The summed E-state index contributed by atoms with van der Waals surface area (Å²) in [5, 5.41) is 0. The Labute approximate surface area is 92.7 Å². The van der Waals surface area contributed by atoms with Gasteiger partial charge in [-0.3, -0.25) is 0 Å². The van der Waals surface area contributed by atoms with Gasteiger partial charge in [0.15, 0.2) is 0 Å². The van der Waals surface area contributed by atoms with Crippen LogP contribution in [-0.2, 0) is 9.53 Å². The molecule has 2 atom stereocenters. The molecule has 0 amide bonds. The first-order valence-corrected chi connectivity index (χ1v) is 5.72. The quantitative estimate of drug-likeness (QED) is 0.528. The third-order valence-corrected chi connectivity index (χ3v) is 3.11. The molecule has 0 N–H and O–H groups in total. The highest BCUT2D eigenvalue weighted by molar-refractivity contribution is 5.81. The molecule has 2 unspecified atom stereocenters. The van der Waals surface area contributed by atoms with Crippen LogP contribution in [0.4, 0.5) is 0 Å². The highest BCUT2D eigenvalue weighted by Crippen LogP contribution is 2.41. The summed E-state index contributed by atoms with van der Waals surface area (Å²) < 4.78 is 5.12. The smallest absolute Gasteiger partial charge is 0.330 e. The predicted octanol–water partition coefficient (Wildman–Crippen LogP) is 3.18. The first-order valence-electron chi connectivity index (χ1n) is 5.72. The van der Waals surface area contributed by atoms with Gasteiger partial charge in [-0.2, -0.15) is 0 Å². The van der Waals surface area contributed by atoms with Gasteiger partial charge in [0, 0.05) is 6.08 Å². The SMILES string of the molecule is C=CC(=O)OCC1CC(C)CC(C)(C)C1. The zero-order valence-corrected chi connectivity index (χ0v) is 10.1. The molecule has 2 heteroatoms. The summed E-state index contributed by atoms with van der Waals surface area (Å²) in [6, 6.07) is 0. The molecule has 0 saturated heterocycles. The fourth-order valence-corrected chi connectivity index (χ4v) is 2.93. The summed E-state index contributed by atoms with van der Waals surface area (Å²) in [6.45, 7) is 10.8. The second kappa shape index (κ2) is 4.82. The Hall–Kier alpha value is -0.790. The minimum atomic E-state index is -0.300. The molecule has 0 bridgehead atoms. The van der Waals surface area contributed by atoms with Gasteiger partial charge in [0.25, 0.3) is 0 Å². The van der Waals surface area contributed by atoms with E-state index in [0.717, 1.165) is 12.3 Å². The standard InChI is InChI=1S/C13H22O2/c1-5-12(14)15-9-11-6-10(2)7-13(3,4)8-11/h5,10-11H,1,6-9H2,2-4H3. The van der Waals surface area contributed by atoms with Crippen LogP contribution in [0.3, 0.4) is 0 Å². The molecule has 0 aromatic heterocycles. The third-order valence-electron chi connectivity index (χ3n) is 3.11. The Bertz CT molecular complexity index is 243. The Morgan fingerprint density at radius 2 is 2.20 bits per heavy atom. The van der Waals surface area contributed by atoms with Crippen molar-refractivity contribution in [3.63, 3.8) is 0 Å². The Kier molecular flexibility index (Phi) is 3.95. The van der Waals surface area contributed by atoms with Crippen LogP contribution in [-0.4, -0.2) is 12.6 Å². The number of hydrogen-bond donors (Lipinski definition) is 0. The molecule has 15 heavy (non-hydrogen) atoms. The van der Waals surface area contributed by atoms with E-state index < -0.39 is 0 Å². The molecular formula is C13H22O2. The van der Waals surface area contributed by atoms with Crippen LogP contribution in [0.1, 0.15) is 40.0 Å². The van der Waals surface area contributed by atoms with Gasteiger partial charge in [-0.25, -0.2) is 4.79 Å². The van der Waals surface area contributed by atoms with Crippen LogP contribution < -0.4 is 0 Å². The van der Waals surface area contributed by atoms with Gasteiger partial charge < -0.3 is 4.74 Å². The zero-order valence-electron chi connectivity index (χ0n) is 10.1. The Morgan fingerprint density at radius 1 is 1.53 bits per heavy atom. The molecule has 0 aromatic rings. The van der Waals surface area contributed by atoms with Crippen LogP contribution in [0.25, 0.3) is 0 Å². The van der Waals surface area contributed by atoms with Crippen molar-refractivity contribution < 1.29 is 9.53 Å². The number of ether oxygens (including phenoxy) is 1. The number of hydrogen-bond acceptors (Lipinski definition) is 2. The average molecular weight is 210 g/mol. The molecule has 0 radical (unpaired) electrons. The molecule has 2 nitrogen and oxygen atoms in total. The average Bonchev–Trinajstić information content (AvgIpc) is 2.11. The van der Waals surface area contributed by atoms with E-state index in [9.17, 15) is 4.79 Å². The van der Waals surface area contributed by atoms with Crippen LogP contribution in [0, 0.1) is 17.3 Å². The lowest BCUT2D eigenvalue weighted by Gasteiger charge is -2.38. The monoisotopic (exact) mass is 210 g/mol. The fourth-order valence-electron chi connectivity index (χ4n) is 2.93. The van der Waals surface area contributed by atoms with Crippen molar-refractivity contribution in [3.05, 3.63) is 12.7 Å². The number of rotatable bonds is 3. The molecule has 0 aliphatic heterocycles. The Balaban J connectivity index is 2.41. The van der Waals surface area contributed by atoms with E-state index >= 15 is 0 Å². The molecule has 0 heterocycles. The van der Waals surface area contributed by atoms with Gasteiger partial charge >= 0.3 is 5.97 Å². The van der Waals surface area contributed by atoms with Crippen molar-refractivity contribution in [1.82, 2.24) is 0 Å². The van der Waals surface area contributed by atoms with Crippen molar-refractivity contribution in [2.45, 2.75) is 40.0 Å². The van der Waals surface area contributed by atoms with Crippen LogP contribution in [0.2, 0.25) is 0 Å². The molecule has 1 fully saturated rings. The van der Waals surface area contributed by atoms with Gasteiger partial charge in [0.2, 0.25) is 0 Å². The molecular weight excluding hydrogens is 188 g/mol. The third kappa shape index (κ3) is 4.06. The highest BCUT2D eigenvalue weighted by Gasteiger charge is 2.32. The fraction of sp³-hybridized carbons (Fsp3) is 0.769. The first-order chi connectivity index (χ1) is 6.93. The molecule has 1 rings (SSSR count). The molecule has 86 valence electrons. The lowest BCUT2D eigenvalue weighted by atomic mass is 9.68. The number of carbonyl (C=O) groups is 1. The maximum atomic E-state index is 11.0. The molecule has 0 aromatic carbocycles. The highest BCUT2D eigenvalue weighted by atomic mass is 16.5. The van der Waals surface area contributed by atoms with E-state index in [4.69, 9.17) is 4.74 Å². The summed E-state index contributed by atoms with van der Waals surface area (Å²) in [4.78, 5) is 11.0. The summed E-state index contributed by atoms with van der Waals surface area (Å²) in [5.41, 5.74) is 0.392. The molecule has 1 saturated carbocycles. The van der Waals surface area contributed by atoms with E-state index in [1.807, 2.05) is 0 Å². The van der Waals surface area contributed by atoms with E-state index in [-0.39, 0.29) is 5.97 Å². The predicted molar refractivity (Wildman–Crippen MR) is 61.4 cm³/mol. The molecule has 1 aliphatic carbocycles. The molecule has 1 aliphatic rings. The second-order valence-corrected chi connectivity index (χ2v) is 5.61. The maximum Gasteiger partial charge on any atom is 0.330 e. The van der Waals surface area contributed by atoms with Gasteiger partial charge in [0.1, 0.15) is 0 Å². The number of esters is 1. The maximum absolute atomic E-state index is 11.0. The largest absolute Gasteiger partial charge is 0.462 e. The van der Waals surface area contributed by atoms with Crippen molar-refractivity contribution in [1.29, 1.82) is 0 Å². The normalized spacial score (nSPS) is 29.5. The lowest BCUT2D eigenvalue weighted by molar-refractivity contribution is -0.140. The van der Waals surface area contributed by atoms with Crippen molar-refractivity contribution >= 4 is 5.97 Å². The van der Waals surface area contributed by atoms with Gasteiger partial charge in [0.05, 0.1) is 6.61 Å². The summed E-state index contributed by atoms with van der Waals surface area (Å²) >= 11 is 0. The van der Waals surface area contributed by atoms with Gasteiger partial charge in [-0.1, -0.05) is 27.4 Å². The Morgan fingerprint density at radius 3 is 2.73 bits per heavy atom. The topological polar surface area (TPSA) is 26.3 Å². The number of carbonyl (C=O) groups excluding carboxylic acids is 1. The van der Waals surface area contributed by atoms with E-state index in [1.54, 1.807) is 0 Å². The van der Waals surface area contributed by atoms with E-state index in [1.165, 1.54) is 18.9 Å². The summed E-state index contributed by atoms with van der Waals surface area (Å²) in [7, 11) is 0. The summed E-state index contributed by atoms with van der Waals surface area (Å²) in [6.07, 6.45) is 4.84. The second-order valence-electron chi connectivity index (χ2n) is 5.61. The van der Waals surface area contributed by atoms with E-state index in [2.05, 4.69) is 27.4 Å². The van der Waals surface area contributed by atoms with Crippen molar-refractivity contribution in [3.8, 4) is 0 Å². The minimum absolute atomic E-state index is 0.300. The molecule has 0 spiro atoms. The zero-order chi connectivity index (χ0) is 11.5. The van der Waals surface area contributed by atoms with Gasteiger partial charge in [-0.15, -0.1) is 0 Å².